The van der Waals surface area contributed by atoms with Crippen LogP contribution in [0.15, 0.2) is 36.5 Å². The number of H-pyrrole nitrogens is 1. The van der Waals surface area contributed by atoms with Crippen LogP contribution in [0.25, 0.3) is 11.1 Å². The number of rotatable bonds is 9. The number of nitrogens with one attached hydrogen (secondary N) is 2. The molecule has 1 aliphatic carbocycles. The Morgan fingerprint density at radius 2 is 1.94 bits per heavy atom. The van der Waals surface area contributed by atoms with Gasteiger partial charge in [-0.2, -0.15) is 0 Å². The maximum Gasteiger partial charge on any atom is 0.296 e. The summed E-state index contributed by atoms with van der Waals surface area (Å²) in [5.41, 5.74) is 1.65. The zero-order valence-corrected chi connectivity index (χ0v) is 21.1. The van der Waals surface area contributed by atoms with Crippen LogP contribution in [0, 0.1) is 11.8 Å². The lowest BCUT2D eigenvalue weighted by Gasteiger charge is -2.21. The molecule has 0 unspecified atom stereocenters. The highest BCUT2D eigenvalue weighted by Gasteiger charge is 2.20. The van der Waals surface area contributed by atoms with Crippen molar-refractivity contribution >= 4 is 23.3 Å². The number of ether oxygens (including phenoxy) is 2. The quantitative estimate of drug-likeness (QED) is 0.383. The van der Waals surface area contributed by atoms with E-state index in [1.165, 1.54) is 25.7 Å². The summed E-state index contributed by atoms with van der Waals surface area (Å²) in [5, 5.41) is 10.4. The predicted molar refractivity (Wildman–Crippen MR) is 138 cm³/mol. The summed E-state index contributed by atoms with van der Waals surface area (Å²) in [6.45, 7) is 2.34. The highest BCUT2D eigenvalue weighted by atomic mass is 35.5. The van der Waals surface area contributed by atoms with Gasteiger partial charge in [-0.05, 0) is 67.0 Å². The molecule has 2 fully saturated rings. The Balaban J connectivity index is 1.21. The number of amides is 1. The largest absolute Gasteiger partial charge is 0.494 e. The highest BCUT2D eigenvalue weighted by Crippen LogP contribution is 2.33. The van der Waals surface area contributed by atoms with E-state index in [9.17, 15) is 4.79 Å². The van der Waals surface area contributed by atoms with Gasteiger partial charge in [0.15, 0.2) is 0 Å². The standard InChI is InChI=1S/C27H32ClN5O3/c28-23-6-5-21(36-14-10-18-8-12-35-13-9-18)17-22(23)20-7-11-29-24(16-20)31-27(34)26-30-25(32-33-26)15-19-3-1-2-4-19/h5-7,11,16-19H,1-4,8-10,12-15H2,(H,29,31,34)(H,30,32,33). The van der Waals surface area contributed by atoms with Crippen LogP contribution in [0.2, 0.25) is 5.02 Å². The molecule has 0 radical (unpaired) electrons. The second-order valence-electron chi connectivity index (χ2n) is 9.68. The van der Waals surface area contributed by atoms with Crippen LogP contribution in [0.4, 0.5) is 5.82 Å². The molecule has 3 aromatic rings. The van der Waals surface area contributed by atoms with Crippen molar-refractivity contribution in [3.8, 4) is 16.9 Å². The van der Waals surface area contributed by atoms with Crippen molar-refractivity contribution in [1.29, 1.82) is 0 Å². The Kier molecular flexibility index (Phi) is 8.13. The molecule has 1 aromatic carbocycles. The lowest BCUT2D eigenvalue weighted by atomic mass is 9.97. The molecule has 1 saturated heterocycles. The number of halogens is 1. The molecule has 36 heavy (non-hydrogen) atoms. The molecule has 9 heteroatoms. The lowest BCUT2D eigenvalue weighted by Crippen LogP contribution is -2.17. The normalized spacial score (nSPS) is 16.8. The van der Waals surface area contributed by atoms with Crippen molar-refractivity contribution in [3.05, 3.63) is 53.2 Å². The minimum Gasteiger partial charge on any atom is -0.494 e. The lowest BCUT2D eigenvalue weighted by molar-refractivity contribution is 0.0593. The van der Waals surface area contributed by atoms with Crippen LogP contribution in [-0.4, -0.2) is 45.9 Å². The van der Waals surface area contributed by atoms with Gasteiger partial charge in [-0.3, -0.25) is 9.89 Å². The number of anilines is 1. The fourth-order valence-electron chi connectivity index (χ4n) is 5.01. The Labute approximate surface area is 216 Å². The SMILES string of the molecule is O=C(Nc1cc(-c2cc(OCCC3CCOCC3)ccc2Cl)ccn1)c1n[nH]c(CC2CCCC2)n1. The topological polar surface area (TPSA) is 102 Å². The molecule has 2 aromatic heterocycles. The third kappa shape index (κ3) is 6.42. The fraction of sp³-hybridized carbons (Fsp3) is 0.481. The van der Waals surface area contributed by atoms with Gasteiger partial charge in [0.05, 0.1) is 6.61 Å². The molecular formula is C27H32ClN5O3. The van der Waals surface area contributed by atoms with Crippen LogP contribution in [0.1, 0.15) is 61.4 Å². The number of nitrogens with zero attached hydrogens (tertiary/aromatic N) is 3. The van der Waals surface area contributed by atoms with Crippen molar-refractivity contribution in [1.82, 2.24) is 20.2 Å². The zero-order valence-electron chi connectivity index (χ0n) is 20.3. The molecule has 1 saturated carbocycles. The fourth-order valence-corrected chi connectivity index (χ4v) is 5.24. The molecular weight excluding hydrogens is 478 g/mol. The van der Waals surface area contributed by atoms with E-state index in [1.54, 1.807) is 12.3 Å². The molecule has 1 amide bonds. The van der Waals surface area contributed by atoms with Gasteiger partial charge in [0.1, 0.15) is 17.4 Å². The summed E-state index contributed by atoms with van der Waals surface area (Å²) in [7, 11) is 0. The molecule has 5 rings (SSSR count). The van der Waals surface area contributed by atoms with E-state index in [0.717, 1.165) is 61.6 Å². The molecule has 0 atom stereocenters. The average Bonchev–Trinajstić information content (AvgIpc) is 3.59. The highest BCUT2D eigenvalue weighted by molar-refractivity contribution is 6.33. The van der Waals surface area contributed by atoms with Crippen molar-refractivity contribution < 1.29 is 14.3 Å². The van der Waals surface area contributed by atoms with Crippen LogP contribution in [0.5, 0.6) is 5.75 Å². The van der Waals surface area contributed by atoms with E-state index in [4.69, 9.17) is 21.1 Å². The minimum atomic E-state index is -0.398. The number of aromatic nitrogens is 4. The number of benzene rings is 1. The van der Waals surface area contributed by atoms with Gasteiger partial charge in [-0.1, -0.05) is 37.3 Å². The first-order valence-electron chi connectivity index (χ1n) is 12.8. The summed E-state index contributed by atoms with van der Waals surface area (Å²) in [4.78, 5) is 21.4. The number of aromatic amines is 1. The molecule has 0 bridgehead atoms. The van der Waals surface area contributed by atoms with Gasteiger partial charge in [0.2, 0.25) is 5.82 Å². The number of hydrogen-bond acceptors (Lipinski definition) is 6. The Bertz CT molecular complexity index is 1170. The molecule has 8 nitrogen and oxygen atoms in total. The third-order valence-corrected chi connectivity index (χ3v) is 7.41. The second kappa shape index (κ2) is 11.8. The minimum absolute atomic E-state index is 0.119. The van der Waals surface area contributed by atoms with Crippen LogP contribution >= 0.6 is 11.6 Å². The van der Waals surface area contributed by atoms with E-state index < -0.39 is 5.91 Å². The Hall–Kier alpha value is -2.97. The van der Waals surface area contributed by atoms with E-state index in [2.05, 4.69) is 25.5 Å². The van der Waals surface area contributed by atoms with E-state index >= 15 is 0 Å². The van der Waals surface area contributed by atoms with Gasteiger partial charge in [-0.15, -0.1) is 5.10 Å². The zero-order chi connectivity index (χ0) is 24.7. The van der Waals surface area contributed by atoms with Crippen LogP contribution in [-0.2, 0) is 11.2 Å². The van der Waals surface area contributed by atoms with Gasteiger partial charge >= 0.3 is 0 Å². The van der Waals surface area contributed by atoms with Gasteiger partial charge in [0.25, 0.3) is 5.91 Å². The monoisotopic (exact) mass is 509 g/mol. The Morgan fingerprint density at radius 3 is 2.78 bits per heavy atom. The summed E-state index contributed by atoms with van der Waals surface area (Å²) in [6.07, 6.45) is 10.6. The molecule has 2 N–H and O–H groups in total. The van der Waals surface area contributed by atoms with Gasteiger partial charge in [0, 0.05) is 36.4 Å². The first kappa shape index (κ1) is 24.7. The van der Waals surface area contributed by atoms with Crippen LogP contribution in [0.3, 0.4) is 0 Å². The number of carbonyl (C=O) groups excluding carboxylic acids is 1. The predicted octanol–water partition coefficient (Wildman–Crippen LogP) is 5.70. The molecule has 2 aliphatic rings. The third-order valence-electron chi connectivity index (χ3n) is 7.08. The first-order chi connectivity index (χ1) is 17.6. The van der Waals surface area contributed by atoms with Crippen molar-refractivity contribution in [2.24, 2.45) is 11.8 Å². The molecule has 3 heterocycles. The maximum absolute atomic E-state index is 12.7. The number of hydrogen-bond donors (Lipinski definition) is 2. The summed E-state index contributed by atoms with van der Waals surface area (Å²) in [5.74, 6) is 2.92. The van der Waals surface area contributed by atoms with Crippen molar-refractivity contribution in [3.63, 3.8) is 0 Å². The smallest absolute Gasteiger partial charge is 0.296 e. The number of pyridine rings is 1. The van der Waals surface area contributed by atoms with Crippen molar-refractivity contribution in [2.75, 3.05) is 25.1 Å². The number of carbonyl (C=O) groups is 1. The van der Waals surface area contributed by atoms with E-state index in [0.29, 0.717) is 29.3 Å². The summed E-state index contributed by atoms with van der Waals surface area (Å²) >= 11 is 6.51. The molecule has 0 spiro atoms. The first-order valence-corrected chi connectivity index (χ1v) is 13.2. The van der Waals surface area contributed by atoms with E-state index in [-0.39, 0.29) is 5.82 Å². The average molecular weight is 510 g/mol. The van der Waals surface area contributed by atoms with Gasteiger partial charge < -0.3 is 14.8 Å². The Morgan fingerprint density at radius 1 is 1.11 bits per heavy atom. The van der Waals surface area contributed by atoms with Crippen LogP contribution < -0.4 is 10.1 Å². The van der Waals surface area contributed by atoms with Crippen molar-refractivity contribution in [2.45, 2.75) is 51.4 Å². The molecule has 190 valence electrons. The summed E-state index contributed by atoms with van der Waals surface area (Å²) in [6, 6.07) is 9.29. The van der Waals surface area contributed by atoms with E-state index in [1.807, 2.05) is 24.3 Å². The second-order valence-corrected chi connectivity index (χ2v) is 10.1. The maximum atomic E-state index is 12.7. The van der Waals surface area contributed by atoms with Gasteiger partial charge in [-0.25, -0.2) is 9.97 Å². The molecule has 1 aliphatic heterocycles. The summed E-state index contributed by atoms with van der Waals surface area (Å²) < 4.78 is 11.5.